The summed E-state index contributed by atoms with van der Waals surface area (Å²) in [6.07, 6.45) is 14.2. The van der Waals surface area contributed by atoms with E-state index < -0.39 is 16.6 Å². The molecule has 152 valence electrons. The highest BCUT2D eigenvalue weighted by atomic mass is 14.9. The van der Waals surface area contributed by atoms with Crippen LogP contribution in [0.15, 0.2) is 47.7 Å². The van der Waals surface area contributed by atoms with Gasteiger partial charge in [-0.15, -0.1) is 0 Å². The van der Waals surface area contributed by atoms with Gasteiger partial charge in [-0.05, 0) is 87.8 Å². The molecule has 0 spiro atoms. The van der Waals surface area contributed by atoms with Crippen LogP contribution < -0.4 is 34.4 Å². The van der Waals surface area contributed by atoms with Crippen molar-refractivity contribution in [2.45, 2.75) is 68.0 Å². The number of nitrogens with two attached hydrogens (primary N) is 6. The Balaban J connectivity index is 2.17. The minimum atomic E-state index is -0.462. The fourth-order valence-corrected chi connectivity index (χ4v) is 4.43. The van der Waals surface area contributed by atoms with Crippen molar-refractivity contribution in [2.75, 3.05) is 13.1 Å². The van der Waals surface area contributed by atoms with Crippen LogP contribution in [0.2, 0.25) is 0 Å². The van der Waals surface area contributed by atoms with Crippen molar-refractivity contribution in [2.24, 2.45) is 34.4 Å². The minimum absolute atomic E-state index is 0.441. The van der Waals surface area contributed by atoms with Crippen LogP contribution in [0.3, 0.4) is 0 Å². The Hall–Kier alpha value is -1.44. The topological polar surface area (TPSA) is 156 Å². The van der Waals surface area contributed by atoms with Gasteiger partial charge in [0.05, 0.1) is 0 Å². The number of hydrogen-bond acceptors (Lipinski definition) is 6. The molecule has 2 rings (SSSR count). The molecule has 0 radical (unpaired) electrons. The molecule has 1 saturated carbocycles. The van der Waals surface area contributed by atoms with E-state index in [0.29, 0.717) is 18.8 Å². The molecule has 0 bridgehead atoms. The van der Waals surface area contributed by atoms with Crippen molar-refractivity contribution in [1.82, 2.24) is 0 Å². The fraction of sp³-hybridized carbons (Fsp3) is 0.619. The van der Waals surface area contributed by atoms with E-state index in [0.717, 1.165) is 62.5 Å². The van der Waals surface area contributed by atoms with Gasteiger partial charge in [0, 0.05) is 22.3 Å². The van der Waals surface area contributed by atoms with E-state index in [9.17, 15) is 0 Å². The van der Waals surface area contributed by atoms with E-state index in [1.165, 1.54) is 0 Å². The van der Waals surface area contributed by atoms with Crippen LogP contribution in [-0.2, 0) is 0 Å². The second kappa shape index (κ2) is 8.71. The highest BCUT2D eigenvalue weighted by molar-refractivity contribution is 5.47. The molecule has 0 saturated heterocycles. The minimum Gasteiger partial charge on any atom is -0.399 e. The molecular weight excluding hydrogens is 336 g/mol. The average molecular weight is 375 g/mol. The Kier molecular flexibility index (Phi) is 7.05. The molecule has 1 fully saturated rings. The van der Waals surface area contributed by atoms with Crippen molar-refractivity contribution in [3.63, 3.8) is 0 Å². The first kappa shape index (κ1) is 21.9. The lowest BCUT2D eigenvalue weighted by atomic mass is 9.60. The Bertz CT molecular complexity index is 615. The maximum atomic E-state index is 6.90. The lowest BCUT2D eigenvalue weighted by Gasteiger charge is -2.52. The Labute approximate surface area is 163 Å². The van der Waals surface area contributed by atoms with Crippen molar-refractivity contribution >= 4 is 0 Å². The predicted molar refractivity (Wildman–Crippen MR) is 114 cm³/mol. The maximum absolute atomic E-state index is 6.90. The molecule has 0 aromatic carbocycles. The average Bonchev–Trinajstić information content (AvgIpc) is 2.81. The molecule has 0 atom stereocenters. The molecule has 0 aromatic heterocycles. The van der Waals surface area contributed by atoms with E-state index >= 15 is 0 Å². The zero-order chi connectivity index (χ0) is 20.1. The van der Waals surface area contributed by atoms with Gasteiger partial charge in [0.15, 0.2) is 0 Å². The largest absolute Gasteiger partial charge is 0.399 e. The van der Waals surface area contributed by atoms with Gasteiger partial charge in [0.2, 0.25) is 0 Å². The second-order valence-electron chi connectivity index (χ2n) is 8.41. The lowest BCUT2D eigenvalue weighted by Crippen LogP contribution is -2.69. The van der Waals surface area contributed by atoms with Crippen LogP contribution in [0.4, 0.5) is 0 Å². The lowest BCUT2D eigenvalue weighted by molar-refractivity contribution is 0.112. The van der Waals surface area contributed by atoms with Gasteiger partial charge in [-0.25, -0.2) is 0 Å². The Morgan fingerprint density at radius 1 is 0.926 bits per heavy atom. The Morgan fingerprint density at radius 3 is 2.00 bits per heavy atom. The van der Waals surface area contributed by atoms with E-state index in [1.54, 1.807) is 0 Å². The van der Waals surface area contributed by atoms with Gasteiger partial charge in [-0.3, -0.25) is 0 Å². The fourth-order valence-electron chi connectivity index (χ4n) is 4.43. The SMILES string of the molecule is C=C1C=C(N)C=CC(C2(N)CCC(N)(C(N)(CCCN)CCCN)CC2)=C1. The molecule has 0 amide bonds. The second-order valence-corrected chi connectivity index (χ2v) is 8.41. The normalized spacial score (nSPS) is 29.3. The van der Waals surface area contributed by atoms with Crippen LogP contribution in [0.25, 0.3) is 0 Å². The summed E-state index contributed by atoms with van der Waals surface area (Å²) in [4.78, 5) is 0. The van der Waals surface area contributed by atoms with Gasteiger partial charge in [0.25, 0.3) is 0 Å². The van der Waals surface area contributed by atoms with Gasteiger partial charge in [-0.2, -0.15) is 0 Å². The molecule has 2 aliphatic rings. The third kappa shape index (κ3) is 4.89. The number of rotatable bonds is 8. The summed E-state index contributed by atoms with van der Waals surface area (Å²) < 4.78 is 0. The van der Waals surface area contributed by atoms with Crippen molar-refractivity contribution < 1.29 is 0 Å². The molecule has 0 heterocycles. The smallest absolute Gasteiger partial charge is 0.0411 e. The van der Waals surface area contributed by atoms with Crippen LogP contribution in [0.5, 0.6) is 0 Å². The molecule has 6 heteroatoms. The monoisotopic (exact) mass is 374 g/mol. The predicted octanol–water partition coefficient (Wildman–Crippen LogP) is 1.03. The zero-order valence-corrected chi connectivity index (χ0v) is 16.6. The molecule has 0 aliphatic heterocycles. The maximum Gasteiger partial charge on any atom is 0.0411 e. The Morgan fingerprint density at radius 2 is 1.48 bits per heavy atom. The molecular formula is C21H38N6. The first-order chi connectivity index (χ1) is 12.7. The molecule has 0 aromatic rings. The third-order valence-corrected chi connectivity index (χ3v) is 6.40. The quantitative estimate of drug-likeness (QED) is 0.372. The van der Waals surface area contributed by atoms with E-state index in [1.807, 2.05) is 24.3 Å². The molecule has 2 aliphatic carbocycles. The summed E-state index contributed by atoms with van der Waals surface area (Å²) in [5, 5.41) is 0. The first-order valence-corrected chi connectivity index (χ1v) is 10.0. The highest BCUT2D eigenvalue weighted by Crippen LogP contribution is 2.44. The van der Waals surface area contributed by atoms with Crippen LogP contribution in [0, 0.1) is 0 Å². The highest BCUT2D eigenvalue weighted by Gasteiger charge is 2.49. The van der Waals surface area contributed by atoms with Gasteiger partial charge in [-0.1, -0.05) is 18.7 Å². The summed E-state index contributed by atoms with van der Waals surface area (Å²) >= 11 is 0. The molecule has 27 heavy (non-hydrogen) atoms. The van der Waals surface area contributed by atoms with Gasteiger partial charge in [0.1, 0.15) is 0 Å². The van der Waals surface area contributed by atoms with Crippen molar-refractivity contribution in [1.29, 1.82) is 0 Å². The third-order valence-electron chi connectivity index (χ3n) is 6.40. The van der Waals surface area contributed by atoms with Gasteiger partial charge >= 0.3 is 0 Å². The summed E-state index contributed by atoms with van der Waals surface area (Å²) in [6, 6.07) is 0. The summed E-state index contributed by atoms with van der Waals surface area (Å²) in [5.41, 5.74) is 39.2. The van der Waals surface area contributed by atoms with Crippen molar-refractivity contribution in [3.05, 3.63) is 47.7 Å². The van der Waals surface area contributed by atoms with Crippen LogP contribution in [-0.4, -0.2) is 29.7 Å². The summed E-state index contributed by atoms with van der Waals surface area (Å²) in [7, 11) is 0. The van der Waals surface area contributed by atoms with E-state index in [4.69, 9.17) is 34.4 Å². The van der Waals surface area contributed by atoms with E-state index in [-0.39, 0.29) is 0 Å². The summed E-state index contributed by atoms with van der Waals surface area (Å²) in [5.74, 6) is 0. The number of allylic oxidation sites excluding steroid dienone is 4. The molecule has 12 N–H and O–H groups in total. The standard InChI is InChI=1S/C21H38N6/c1-16-14-17(4-5-18(24)15-16)19(25)8-10-21(27,11-9-19)20(26,6-2-12-22)7-3-13-23/h4-5,14-15H,1-3,6-13,22-27H2. The zero-order valence-electron chi connectivity index (χ0n) is 16.6. The van der Waals surface area contributed by atoms with Crippen LogP contribution >= 0.6 is 0 Å². The summed E-state index contributed by atoms with van der Waals surface area (Å²) in [6.45, 7) is 5.27. The van der Waals surface area contributed by atoms with Crippen LogP contribution in [0.1, 0.15) is 51.4 Å². The number of hydrogen-bond donors (Lipinski definition) is 6. The van der Waals surface area contributed by atoms with E-state index in [2.05, 4.69) is 6.58 Å². The molecule has 6 nitrogen and oxygen atoms in total. The first-order valence-electron chi connectivity index (χ1n) is 10.0. The van der Waals surface area contributed by atoms with Gasteiger partial charge < -0.3 is 34.4 Å². The van der Waals surface area contributed by atoms with Crippen molar-refractivity contribution in [3.8, 4) is 0 Å². The molecule has 0 unspecified atom stereocenters.